The van der Waals surface area contributed by atoms with Crippen LogP contribution in [0.3, 0.4) is 0 Å². The Balaban J connectivity index is 4.44. The van der Waals surface area contributed by atoms with E-state index in [0.717, 1.165) is 19.3 Å². The molecule has 0 saturated heterocycles. The Bertz CT molecular complexity index is 181. The van der Waals surface area contributed by atoms with Gasteiger partial charge in [0.1, 0.15) is 5.60 Å². The van der Waals surface area contributed by atoms with Crippen molar-refractivity contribution in [1.82, 2.24) is 0 Å². The van der Waals surface area contributed by atoms with Gasteiger partial charge in [0.2, 0.25) is 0 Å². The van der Waals surface area contributed by atoms with Crippen molar-refractivity contribution in [1.29, 1.82) is 0 Å². The van der Waals surface area contributed by atoms with E-state index >= 15 is 0 Å². The molecule has 2 heteroatoms. The highest BCUT2D eigenvalue weighted by atomic mass is 16.5. The number of allylic oxidation sites excluding steroid dienone is 1. The van der Waals surface area contributed by atoms with E-state index in [9.17, 15) is 4.79 Å². The third kappa shape index (κ3) is 3.26. The molecule has 0 radical (unpaired) electrons. The van der Waals surface area contributed by atoms with Gasteiger partial charge in [-0.25, -0.2) is 0 Å². The van der Waals surface area contributed by atoms with Crippen LogP contribution in [0.2, 0.25) is 0 Å². The molecular formula is C12H22O2. The number of carbonyl (C=O) groups excluding carboxylic acids is 1. The Morgan fingerprint density at radius 2 is 1.93 bits per heavy atom. The van der Waals surface area contributed by atoms with Gasteiger partial charge in [-0.3, -0.25) is 4.79 Å². The van der Waals surface area contributed by atoms with Gasteiger partial charge in [-0.1, -0.05) is 19.9 Å². The van der Waals surface area contributed by atoms with Crippen LogP contribution in [0.5, 0.6) is 0 Å². The molecule has 0 atom stereocenters. The molecule has 0 aromatic rings. The summed E-state index contributed by atoms with van der Waals surface area (Å²) in [6.45, 7) is 10.2. The molecule has 0 N–H and O–H groups in total. The average molecular weight is 198 g/mol. The zero-order valence-corrected chi connectivity index (χ0v) is 9.64. The summed E-state index contributed by atoms with van der Waals surface area (Å²) >= 11 is 0. The van der Waals surface area contributed by atoms with Crippen molar-refractivity contribution in [2.24, 2.45) is 0 Å². The monoisotopic (exact) mass is 198 g/mol. The van der Waals surface area contributed by atoms with Crippen molar-refractivity contribution in [3.05, 3.63) is 12.7 Å². The Morgan fingerprint density at radius 1 is 1.36 bits per heavy atom. The molecule has 0 bridgehead atoms. The van der Waals surface area contributed by atoms with Gasteiger partial charge in [0.15, 0.2) is 5.78 Å². The van der Waals surface area contributed by atoms with E-state index < -0.39 is 5.60 Å². The lowest BCUT2D eigenvalue weighted by Gasteiger charge is -2.29. The van der Waals surface area contributed by atoms with E-state index in [0.29, 0.717) is 13.0 Å². The number of ether oxygens (including phenoxy) is 1. The van der Waals surface area contributed by atoms with E-state index in [4.69, 9.17) is 4.74 Å². The third-order valence-corrected chi connectivity index (χ3v) is 2.65. The highest BCUT2D eigenvalue weighted by Gasteiger charge is 2.34. The average Bonchev–Trinajstić information content (AvgIpc) is 2.22. The molecule has 0 aliphatic heterocycles. The second-order valence-corrected chi connectivity index (χ2v) is 3.38. The van der Waals surface area contributed by atoms with Crippen molar-refractivity contribution in [2.75, 3.05) is 6.61 Å². The first-order valence-corrected chi connectivity index (χ1v) is 5.45. The molecule has 0 spiro atoms. The summed E-state index contributed by atoms with van der Waals surface area (Å²) in [7, 11) is 0. The van der Waals surface area contributed by atoms with Gasteiger partial charge in [-0.05, 0) is 26.2 Å². The van der Waals surface area contributed by atoms with E-state index in [2.05, 4.69) is 6.58 Å². The first kappa shape index (κ1) is 13.4. The van der Waals surface area contributed by atoms with E-state index in [1.54, 1.807) is 6.08 Å². The molecule has 0 heterocycles. The number of ketones is 1. The quantitative estimate of drug-likeness (QED) is 0.560. The Hall–Kier alpha value is -0.630. The summed E-state index contributed by atoms with van der Waals surface area (Å²) < 4.78 is 5.60. The number of hydrogen-bond donors (Lipinski definition) is 0. The maximum absolute atomic E-state index is 11.9. The molecule has 82 valence electrons. The summed E-state index contributed by atoms with van der Waals surface area (Å²) in [6.07, 6.45) is 4.58. The maximum atomic E-state index is 11.9. The first-order valence-electron chi connectivity index (χ1n) is 5.45. The number of rotatable bonds is 8. The molecule has 0 fully saturated rings. The van der Waals surface area contributed by atoms with E-state index in [1.807, 2.05) is 20.8 Å². The lowest BCUT2D eigenvalue weighted by atomic mass is 9.89. The van der Waals surface area contributed by atoms with E-state index in [1.165, 1.54) is 0 Å². The Labute approximate surface area is 87.3 Å². The largest absolute Gasteiger partial charge is 0.368 e. The zero-order valence-electron chi connectivity index (χ0n) is 9.64. The molecule has 14 heavy (non-hydrogen) atoms. The van der Waals surface area contributed by atoms with Crippen molar-refractivity contribution in [3.8, 4) is 0 Å². The molecule has 0 aromatic heterocycles. The van der Waals surface area contributed by atoms with Crippen LogP contribution >= 0.6 is 0 Å². The summed E-state index contributed by atoms with van der Waals surface area (Å²) in [5, 5.41) is 0. The number of hydrogen-bond acceptors (Lipinski definition) is 2. The zero-order chi connectivity index (χ0) is 11.0. The fraction of sp³-hybridized carbons (Fsp3) is 0.750. The van der Waals surface area contributed by atoms with Gasteiger partial charge in [-0.2, -0.15) is 0 Å². The predicted octanol–water partition coefficient (Wildman–Crippen LogP) is 3.12. The molecule has 0 amide bonds. The summed E-state index contributed by atoms with van der Waals surface area (Å²) in [5.41, 5.74) is -0.544. The minimum Gasteiger partial charge on any atom is -0.368 e. The van der Waals surface area contributed by atoms with Gasteiger partial charge in [0, 0.05) is 13.0 Å². The first-order chi connectivity index (χ1) is 6.66. The fourth-order valence-corrected chi connectivity index (χ4v) is 1.67. The van der Waals surface area contributed by atoms with Crippen LogP contribution in [0, 0.1) is 0 Å². The number of Topliss-reactive ketones (excluding diaryl/α,β-unsaturated/α-hetero) is 1. The van der Waals surface area contributed by atoms with Crippen LogP contribution in [-0.2, 0) is 9.53 Å². The van der Waals surface area contributed by atoms with Crippen molar-refractivity contribution in [2.45, 2.75) is 52.1 Å². The van der Waals surface area contributed by atoms with Crippen molar-refractivity contribution in [3.63, 3.8) is 0 Å². The molecule has 0 aliphatic carbocycles. The van der Waals surface area contributed by atoms with Crippen LogP contribution < -0.4 is 0 Å². The lowest BCUT2D eigenvalue weighted by molar-refractivity contribution is -0.145. The summed E-state index contributed by atoms with van der Waals surface area (Å²) in [6, 6.07) is 0. The highest BCUT2D eigenvalue weighted by molar-refractivity contribution is 5.87. The maximum Gasteiger partial charge on any atom is 0.164 e. The standard InChI is InChI=1S/C12H22O2/c1-5-9-10-11(13)12(6-2,7-3)14-8-4/h5H,1,6-10H2,2-4H3. The molecule has 2 nitrogen and oxygen atoms in total. The molecule has 0 unspecified atom stereocenters. The third-order valence-electron chi connectivity index (χ3n) is 2.65. The minimum atomic E-state index is -0.544. The Kier molecular flexibility index (Phi) is 6.46. The SMILES string of the molecule is C=CCCC(=O)C(CC)(CC)OCC. The highest BCUT2D eigenvalue weighted by Crippen LogP contribution is 2.23. The van der Waals surface area contributed by atoms with Crippen LogP contribution in [0.25, 0.3) is 0 Å². The fourth-order valence-electron chi connectivity index (χ4n) is 1.67. The van der Waals surface area contributed by atoms with Gasteiger partial charge < -0.3 is 4.74 Å². The Morgan fingerprint density at radius 3 is 2.29 bits per heavy atom. The summed E-state index contributed by atoms with van der Waals surface area (Å²) in [5.74, 6) is 0.212. The second kappa shape index (κ2) is 6.77. The van der Waals surface area contributed by atoms with Crippen molar-refractivity contribution >= 4 is 5.78 Å². The van der Waals surface area contributed by atoms with Crippen LogP contribution in [0.1, 0.15) is 46.5 Å². The van der Waals surface area contributed by atoms with Gasteiger partial charge in [0.05, 0.1) is 0 Å². The smallest absolute Gasteiger partial charge is 0.164 e. The molecule has 0 rings (SSSR count). The van der Waals surface area contributed by atoms with Crippen molar-refractivity contribution < 1.29 is 9.53 Å². The van der Waals surface area contributed by atoms with Gasteiger partial charge in [0.25, 0.3) is 0 Å². The van der Waals surface area contributed by atoms with Crippen LogP contribution in [0.15, 0.2) is 12.7 Å². The van der Waals surface area contributed by atoms with Crippen LogP contribution in [-0.4, -0.2) is 18.0 Å². The predicted molar refractivity (Wildman–Crippen MR) is 59.4 cm³/mol. The van der Waals surface area contributed by atoms with Gasteiger partial charge in [-0.15, -0.1) is 6.58 Å². The molecule has 0 aromatic carbocycles. The second-order valence-electron chi connectivity index (χ2n) is 3.38. The van der Waals surface area contributed by atoms with E-state index in [-0.39, 0.29) is 5.78 Å². The molecular weight excluding hydrogens is 176 g/mol. The van der Waals surface area contributed by atoms with Gasteiger partial charge >= 0.3 is 0 Å². The summed E-state index contributed by atoms with van der Waals surface area (Å²) in [4.78, 5) is 11.9. The normalized spacial score (nSPS) is 11.4. The number of carbonyl (C=O) groups is 1. The van der Waals surface area contributed by atoms with Crippen LogP contribution in [0.4, 0.5) is 0 Å². The lowest BCUT2D eigenvalue weighted by Crippen LogP contribution is -2.40. The molecule has 0 aliphatic rings. The topological polar surface area (TPSA) is 26.3 Å². The minimum absolute atomic E-state index is 0.212. The molecule has 0 saturated carbocycles.